The molecule has 1 N–H and O–H groups in total. The van der Waals surface area contributed by atoms with Gasteiger partial charge in [-0.15, -0.1) is 11.3 Å². The Labute approximate surface area is 111 Å². The lowest BCUT2D eigenvalue weighted by Crippen LogP contribution is -2.34. The van der Waals surface area contributed by atoms with Gasteiger partial charge in [-0.05, 0) is 52.7 Å². The summed E-state index contributed by atoms with van der Waals surface area (Å²) >= 11 is 5.50. The monoisotopic (exact) mass is 301 g/mol. The summed E-state index contributed by atoms with van der Waals surface area (Å²) in [5, 5.41) is 5.81. The van der Waals surface area contributed by atoms with Crippen LogP contribution < -0.4 is 5.32 Å². The van der Waals surface area contributed by atoms with Crippen LogP contribution in [0.25, 0.3) is 0 Å². The van der Waals surface area contributed by atoms with Crippen LogP contribution in [0.3, 0.4) is 0 Å². The van der Waals surface area contributed by atoms with Crippen molar-refractivity contribution in [3.8, 4) is 0 Å². The molecule has 1 fully saturated rings. The van der Waals surface area contributed by atoms with E-state index in [-0.39, 0.29) is 0 Å². The van der Waals surface area contributed by atoms with E-state index in [1.54, 1.807) is 0 Å². The molecule has 1 aromatic rings. The first-order valence-electron chi connectivity index (χ1n) is 6.24. The Kier molecular flexibility index (Phi) is 4.86. The van der Waals surface area contributed by atoms with Gasteiger partial charge < -0.3 is 5.32 Å². The summed E-state index contributed by atoms with van der Waals surface area (Å²) in [6.07, 6.45) is 6.90. The van der Waals surface area contributed by atoms with Crippen molar-refractivity contribution in [3.63, 3.8) is 0 Å². The van der Waals surface area contributed by atoms with Crippen molar-refractivity contribution in [1.29, 1.82) is 0 Å². The molecule has 1 aliphatic rings. The Morgan fingerprint density at radius 2 is 2.38 bits per heavy atom. The van der Waals surface area contributed by atoms with Crippen LogP contribution >= 0.6 is 27.3 Å². The summed E-state index contributed by atoms with van der Waals surface area (Å²) in [6.45, 7) is 3.29. The highest BCUT2D eigenvalue weighted by Crippen LogP contribution is 2.32. The summed E-state index contributed by atoms with van der Waals surface area (Å²) in [5.74, 6) is 0.989. The van der Waals surface area contributed by atoms with Crippen LogP contribution in [0.1, 0.15) is 37.5 Å². The maximum atomic E-state index is 3.63. The maximum Gasteiger partial charge on any atom is 0.0314 e. The highest BCUT2D eigenvalue weighted by atomic mass is 79.9. The van der Waals surface area contributed by atoms with E-state index in [0.29, 0.717) is 6.04 Å². The van der Waals surface area contributed by atoms with Crippen LogP contribution in [-0.4, -0.2) is 12.6 Å². The number of hydrogen-bond acceptors (Lipinski definition) is 2. The average molecular weight is 302 g/mol. The molecule has 1 aromatic heterocycles. The predicted octanol–water partition coefficient (Wildman–Crippen LogP) is 4.22. The second kappa shape index (κ2) is 6.18. The molecule has 2 rings (SSSR count). The summed E-state index contributed by atoms with van der Waals surface area (Å²) < 4.78 is 1.29. The van der Waals surface area contributed by atoms with Gasteiger partial charge in [0.05, 0.1) is 0 Å². The highest BCUT2D eigenvalue weighted by Gasteiger charge is 2.22. The molecule has 16 heavy (non-hydrogen) atoms. The standard InChI is InChI=1S/C13H20BrNS/c1-2-15-11(8-10-4-3-5-10)9-13-12(14)6-7-16-13/h6-7,10-11,15H,2-5,8-9H2,1H3. The van der Waals surface area contributed by atoms with Crippen molar-refractivity contribution in [3.05, 3.63) is 20.8 Å². The molecule has 0 aliphatic heterocycles. The number of rotatable bonds is 6. The fourth-order valence-electron chi connectivity index (χ4n) is 2.35. The molecule has 1 nitrogen and oxygen atoms in total. The van der Waals surface area contributed by atoms with Crippen LogP contribution in [-0.2, 0) is 6.42 Å². The first kappa shape index (κ1) is 12.6. The third-order valence-corrected chi connectivity index (χ3v) is 5.41. The minimum absolute atomic E-state index is 0.672. The van der Waals surface area contributed by atoms with E-state index in [2.05, 4.69) is 39.6 Å². The molecule has 0 radical (unpaired) electrons. The van der Waals surface area contributed by atoms with Gasteiger partial charge >= 0.3 is 0 Å². The average Bonchev–Trinajstić information content (AvgIpc) is 2.58. The van der Waals surface area contributed by atoms with Crippen LogP contribution in [0, 0.1) is 5.92 Å². The molecule has 0 amide bonds. The van der Waals surface area contributed by atoms with E-state index in [4.69, 9.17) is 0 Å². The number of halogens is 1. The van der Waals surface area contributed by atoms with Gasteiger partial charge in [0, 0.05) is 15.4 Å². The Morgan fingerprint density at radius 3 is 2.88 bits per heavy atom. The van der Waals surface area contributed by atoms with Gasteiger partial charge in [-0.25, -0.2) is 0 Å². The van der Waals surface area contributed by atoms with E-state index in [9.17, 15) is 0 Å². The fraction of sp³-hybridized carbons (Fsp3) is 0.692. The Morgan fingerprint density at radius 1 is 1.56 bits per heavy atom. The molecule has 1 atom stereocenters. The SMILES string of the molecule is CCNC(Cc1sccc1Br)CC1CCC1. The summed E-state index contributed by atoms with van der Waals surface area (Å²) in [6, 6.07) is 2.83. The minimum atomic E-state index is 0.672. The fourth-order valence-corrected chi connectivity index (χ4v) is 3.95. The van der Waals surface area contributed by atoms with E-state index in [0.717, 1.165) is 12.5 Å². The first-order valence-corrected chi connectivity index (χ1v) is 7.92. The van der Waals surface area contributed by atoms with Gasteiger partial charge in [0.2, 0.25) is 0 Å². The number of nitrogens with one attached hydrogen (secondary N) is 1. The second-order valence-corrected chi connectivity index (χ2v) is 6.54. The van der Waals surface area contributed by atoms with Gasteiger partial charge in [0.25, 0.3) is 0 Å². The van der Waals surface area contributed by atoms with Crippen molar-refractivity contribution in [2.24, 2.45) is 5.92 Å². The molecule has 0 aromatic carbocycles. The van der Waals surface area contributed by atoms with Crippen LogP contribution in [0.5, 0.6) is 0 Å². The van der Waals surface area contributed by atoms with Crippen LogP contribution in [0.15, 0.2) is 15.9 Å². The van der Waals surface area contributed by atoms with Gasteiger partial charge in [0.15, 0.2) is 0 Å². The van der Waals surface area contributed by atoms with Crippen molar-refractivity contribution < 1.29 is 0 Å². The number of thiophene rings is 1. The molecule has 90 valence electrons. The smallest absolute Gasteiger partial charge is 0.0314 e. The lowest BCUT2D eigenvalue weighted by Gasteiger charge is -2.30. The van der Waals surface area contributed by atoms with Crippen molar-refractivity contribution >= 4 is 27.3 Å². The van der Waals surface area contributed by atoms with Crippen molar-refractivity contribution in [2.75, 3.05) is 6.54 Å². The van der Waals surface area contributed by atoms with Crippen LogP contribution in [0.2, 0.25) is 0 Å². The normalized spacial score (nSPS) is 18.4. The number of likely N-dealkylation sites (N-methyl/N-ethyl adjacent to an activating group) is 1. The zero-order chi connectivity index (χ0) is 11.4. The second-order valence-electron chi connectivity index (χ2n) is 4.68. The lowest BCUT2D eigenvalue weighted by atomic mass is 9.80. The Bertz CT molecular complexity index is 319. The third kappa shape index (κ3) is 3.31. The first-order chi connectivity index (χ1) is 7.79. The molecule has 1 unspecified atom stereocenters. The molecule has 0 saturated heterocycles. The van der Waals surface area contributed by atoms with Gasteiger partial charge in [-0.1, -0.05) is 26.2 Å². The predicted molar refractivity (Wildman–Crippen MR) is 75.1 cm³/mol. The number of hydrogen-bond donors (Lipinski definition) is 1. The Balaban J connectivity index is 1.88. The zero-order valence-corrected chi connectivity index (χ0v) is 12.2. The van der Waals surface area contributed by atoms with Gasteiger partial charge in [0.1, 0.15) is 0 Å². The zero-order valence-electron chi connectivity index (χ0n) is 9.84. The molecule has 3 heteroatoms. The summed E-state index contributed by atoms with van der Waals surface area (Å²) in [5.41, 5.74) is 0. The van der Waals surface area contributed by atoms with Crippen molar-refractivity contribution in [2.45, 2.75) is 45.1 Å². The largest absolute Gasteiger partial charge is 0.314 e. The van der Waals surface area contributed by atoms with E-state index < -0.39 is 0 Å². The maximum absolute atomic E-state index is 3.63. The molecular formula is C13H20BrNS. The van der Waals surface area contributed by atoms with Crippen LogP contribution in [0.4, 0.5) is 0 Å². The molecule has 1 saturated carbocycles. The summed E-state index contributed by atoms with van der Waals surface area (Å²) in [4.78, 5) is 1.49. The van der Waals surface area contributed by atoms with Gasteiger partial charge in [-0.3, -0.25) is 0 Å². The topological polar surface area (TPSA) is 12.0 Å². The molecule has 1 aliphatic carbocycles. The molecule has 0 spiro atoms. The Hall–Kier alpha value is 0.140. The van der Waals surface area contributed by atoms with E-state index in [1.165, 1.54) is 41.5 Å². The third-order valence-electron chi connectivity index (χ3n) is 3.46. The van der Waals surface area contributed by atoms with E-state index >= 15 is 0 Å². The molecule has 1 heterocycles. The quantitative estimate of drug-likeness (QED) is 0.829. The van der Waals surface area contributed by atoms with E-state index in [1.807, 2.05) is 11.3 Å². The summed E-state index contributed by atoms with van der Waals surface area (Å²) in [7, 11) is 0. The van der Waals surface area contributed by atoms with Crippen molar-refractivity contribution in [1.82, 2.24) is 5.32 Å². The lowest BCUT2D eigenvalue weighted by molar-refractivity contribution is 0.260. The minimum Gasteiger partial charge on any atom is -0.314 e. The van der Waals surface area contributed by atoms with Gasteiger partial charge in [-0.2, -0.15) is 0 Å². The molecule has 0 bridgehead atoms. The molecular weight excluding hydrogens is 282 g/mol. The highest BCUT2D eigenvalue weighted by molar-refractivity contribution is 9.10.